The van der Waals surface area contributed by atoms with Gasteiger partial charge in [-0.3, -0.25) is 19.3 Å². The summed E-state index contributed by atoms with van der Waals surface area (Å²) in [7, 11) is -3.53. The smallest absolute Gasteiger partial charge is 0.264 e. The maximum Gasteiger partial charge on any atom is 0.264 e. The van der Waals surface area contributed by atoms with E-state index < -0.39 is 31.6 Å². The molecule has 52 heavy (non-hydrogen) atoms. The molecule has 2 saturated heterocycles. The highest BCUT2D eigenvalue weighted by molar-refractivity contribution is 6.72. The van der Waals surface area contributed by atoms with Gasteiger partial charge in [0.25, 0.3) is 11.8 Å². The van der Waals surface area contributed by atoms with Crippen LogP contribution in [0.3, 0.4) is 0 Å². The van der Waals surface area contributed by atoms with Gasteiger partial charge in [-0.15, -0.1) is 0 Å². The number of rotatable bonds is 10. The molecular formula is C42H50FN3O5Si. The van der Waals surface area contributed by atoms with Crippen molar-refractivity contribution >= 4 is 54.0 Å². The topological polar surface area (TPSA) is 90.4 Å². The molecule has 1 N–H and O–H groups in total. The second-order valence-corrected chi connectivity index (χ2v) is 19.6. The van der Waals surface area contributed by atoms with Crippen LogP contribution < -0.4 is 9.80 Å². The van der Waals surface area contributed by atoms with Crippen LogP contribution in [0, 0.1) is 5.92 Å². The van der Waals surface area contributed by atoms with Crippen LogP contribution >= 0.6 is 0 Å². The van der Waals surface area contributed by atoms with E-state index in [1.165, 1.54) is 5.57 Å². The van der Waals surface area contributed by atoms with E-state index in [1.807, 2.05) is 61.5 Å². The van der Waals surface area contributed by atoms with Crippen LogP contribution in [0.15, 0.2) is 77.9 Å². The normalized spacial score (nSPS) is 25.6. The Morgan fingerprint density at radius 2 is 1.81 bits per heavy atom. The van der Waals surface area contributed by atoms with Crippen LogP contribution in [0.5, 0.6) is 0 Å². The van der Waals surface area contributed by atoms with Crippen molar-refractivity contribution in [1.29, 1.82) is 0 Å². The number of likely N-dealkylation sites (tertiary alicyclic amines) is 1. The van der Waals surface area contributed by atoms with Gasteiger partial charge in [-0.05, 0) is 95.3 Å². The molecule has 4 aliphatic heterocycles. The molecule has 1 spiro atoms. The summed E-state index contributed by atoms with van der Waals surface area (Å²) in [5.74, 6) is -1.20. The molecule has 0 radical (unpaired) electrons. The Labute approximate surface area is 307 Å². The minimum Gasteiger partial charge on any atom is -0.394 e. The Morgan fingerprint density at radius 3 is 2.52 bits per heavy atom. The van der Waals surface area contributed by atoms with Crippen LogP contribution in [0.4, 0.5) is 21.2 Å². The Balaban J connectivity index is 1.32. The minimum absolute atomic E-state index is 0.0683. The molecule has 8 nitrogen and oxygen atoms in total. The van der Waals surface area contributed by atoms with Crippen LogP contribution in [0.25, 0.3) is 10.8 Å². The fourth-order valence-electron chi connectivity index (χ4n) is 9.31. The van der Waals surface area contributed by atoms with Crippen molar-refractivity contribution in [2.24, 2.45) is 5.92 Å². The third-order valence-electron chi connectivity index (χ3n) is 11.8. The molecule has 0 bridgehead atoms. The number of hydrogen-bond acceptors (Lipinski definition) is 5. The van der Waals surface area contributed by atoms with E-state index in [9.17, 15) is 14.7 Å². The summed E-state index contributed by atoms with van der Waals surface area (Å²) >= 11 is 0. The number of benzene rings is 3. The lowest BCUT2D eigenvalue weighted by Gasteiger charge is -2.31. The van der Waals surface area contributed by atoms with Gasteiger partial charge in [0.05, 0.1) is 42.1 Å². The van der Waals surface area contributed by atoms with E-state index in [2.05, 4.69) is 32.9 Å². The number of nitrogens with zero attached hydrogens (tertiary/aromatic N) is 3. The van der Waals surface area contributed by atoms with Crippen molar-refractivity contribution in [3.63, 3.8) is 0 Å². The van der Waals surface area contributed by atoms with Gasteiger partial charge in [0.2, 0.25) is 14.3 Å². The first-order chi connectivity index (χ1) is 24.8. The summed E-state index contributed by atoms with van der Waals surface area (Å²) in [5.41, 5.74) is 3.46. The highest BCUT2D eigenvalue weighted by atomic mass is 28.4. The average molecular weight is 724 g/mol. The first-order valence-electron chi connectivity index (χ1n) is 18.7. The predicted molar refractivity (Wildman–Crippen MR) is 206 cm³/mol. The van der Waals surface area contributed by atoms with E-state index in [0.29, 0.717) is 35.6 Å². The molecule has 0 saturated carbocycles. The first-order valence-corrected chi connectivity index (χ1v) is 21.6. The van der Waals surface area contributed by atoms with Crippen molar-refractivity contribution in [3.05, 3.63) is 89.0 Å². The largest absolute Gasteiger partial charge is 0.394 e. The summed E-state index contributed by atoms with van der Waals surface area (Å²) < 4.78 is 23.5. The number of aliphatic hydroxyl groups is 1. The Morgan fingerprint density at radius 1 is 1.06 bits per heavy atom. The molecule has 4 heterocycles. The zero-order valence-electron chi connectivity index (χ0n) is 31.1. The van der Waals surface area contributed by atoms with Gasteiger partial charge in [-0.2, -0.15) is 0 Å². The molecule has 3 aromatic rings. The molecule has 274 valence electrons. The van der Waals surface area contributed by atoms with Gasteiger partial charge < -0.3 is 23.8 Å². The lowest BCUT2D eigenvalue weighted by Crippen LogP contribution is -2.45. The number of hydrogen-bond donors (Lipinski definition) is 1. The molecule has 3 amide bonds. The number of fused-ring (bicyclic) bond motifs is 2. The van der Waals surface area contributed by atoms with E-state index in [1.54, 1.807) is 27.8 Å². The Bertz CT molecular complexity index is 2000. The van der Waals surface area contributed by atoms with E-state index in [4.69, 9.17) is 4.74 Å². The highest BCUT2D eigenvalue weighted by Crippen LogP contribution is 2.61. The third-order valence-corrected chi connectivity index (χ3v) is 14.2. The molecule has 4 aliphatic rings. The van der Waals surface area contributed by atoms with Crippen molar-refractivity contribution < 1.29 is 28.3 Å². The van der Waals surface area contributed by atoms with Gasteiger partial charge in [0, 0.05) is 41.2 Å². The molecular weight excluding hydrogens is 674 g/mol. The molecule has 0 unspecified atom stereocenters. The monoisotopic (exact) mass is 723 g/mol. The van der Waals surface area contributed by atoms with Crippen molar-refractivity contribution in [3.8, 4) is 0 Å². The number of amides is 3. The number of ether oxygens (including phenoxy) is 1. The number of aliphatic hydroxyl groups excluding tert-OH is 1. The van der Waals surface area contributed by atoms with Gasteiger partial charge in [-0.25, -0.2) is 0 Å². The van der Waals surface area contributed by atoms with E-state index in [-0.39, 0.29) is 36.8 Å². The molecule has 2 fully saturated rings. The minimum atomic E-state index is -3.53. The standard InChI is InChI=1S/C42H50FN3O5Si/c1-26(2)11-7-12-27(3)20-22-45-34-19-18-30(46-35-17-9-14-29-13-8-16-32(38(29)35)40(46)49)23-33(34)42(41(45)50)28(4)39(52(5,6)43)36(51-42)24-37(48)44-21-10-15-31(44)25-47/h8-9,11,13-14,16-20,23,28,31,36,39,47H,7,10,12,15,21-22,24-25H2,1-6H3/b27-20+/t28-,31+,36+,39-,42+/m1/s1. The summed E-state index contributed by atoms with van der Waals surface area (Å²) in [5, 5.41) is 11.8. The Kier molecular flexibility index (Phi) is 9.55. The number of carbonyl (C=O) groups excluding carboxylic acids is 3. The SMILES string of the molecule is CC(C)=CCC/C(C)=C/CN1C(=O)[C@@]2(O[C@@H](CC(=O)N3CCC[C@H]3CO)[C@H]([Si](C)(C)F)[C@H]2C)c2cc(N3C(=O)c4cccc5cccc3c45)ccc21. The van der Waals surface area contributed by atoms with E-state index in [0.717, 1.165) is 47.7 Å². The molecule has 0 aliphatic carbocycles. The number of anilines is 3. The zero-order valence-corrected chi connectivity index (χ0v) is 32.1. The maximum absolute atomic E-state index is 16.6. The lowest BCUT2D eigenvalue weighted by molar-refractivity contribution is -0.149. The lowest BCUT2D eigenvalue weighted by atomic mass is 9.82. The zero-order chi connectivity index (χ0) is 37.1. The molecule has 10 heteroatoms. The van der Waals surface area contributed by atoms with Gasteiger partial charge in [0.15, 0.2) is 5.60 Å². The fraction of sp³-hybridized carbons (Fsp3) is 0.452. The van der Waals surface area contributed by atoms with Crippen LogP contribution in [0.1, 0.15) is 75.7 Å². The molecule has 0 aromatic heterocycles. The second kappa shape index (κ2) is 13.7. The average Bonchev–Trinajstić information content (AvgIpc) is 3.83. The van der Waals surface area contributed by atoms with Gasteiger partial charge >= 0.3 is 0 Å². The highest BCUT2D eigenvalue weighted by Gasteiger charge is 2.67. The maximum atomic E-state index is 16.6. The summed E-state index contributed by atoms with van der Waals surface area (Å²) in [6, 6.07) is 17.0. The van der Waals surface area contributed by atoms with E-state index >= 15 is 8.90 Å². The van der Waals surface area contributed by atoms with Crippen LogP contribution in [-0.2, 0) is 19.9 Å². The predicted octanol–water partition coefficient (Wildman–Crippen LogP) is 8.32. The van der Waals surface area contributed by atoms with Crippen molar-refractivity contribution in [1.82, 2.24) is 4.90 Å². The van der Waals surface area contributed by atoms with Crippen molar-refractivity contribution in [2.45, 2.75) is 96.2 Å². The summed E-state index contributed by atoms with van der Waals surface area (Å²) in [6.07, 6.45) is 6.66. The number of carbonyl (C=O) groups is 3. The number of allylic oxidation sites excluding steroid dienone is 3. The van der Waals surface area contributed by atoms with Crippen LogP contribution in [-0.4, -0.2) is 68.0 Å². The summed E-state index contributed by atoms with van der Waals surface area (Å²) in [4.78, 5) is 48.0. The van der Waals surface area contributed by atoms with Gasteiger partial charge in [-0.1, -0.05) is 54.5 Å². The fourth-order valence-corrected chi connectivity index (χ4v) is 11.8. The number of halogens is 1. The second-order valence-electron chi connectivity index (χ2n) is 15.8. The molecule has 3 aromatic carbocycles. The molecule has 7 rings (SSSR count). The summed E-state index contributed by atoms with van der Waals surface area (Å²) in [6.45, 7) is 12.1. The first kappa shape index (κ1) is 36.2. The third kappa shape index (κ3) is 5.92. The Hall–Kier alpha value is -4.12. The van der Waals surface area contributed by atoms with Crippen LogP contribution in [0.2, 0.25) is 18.6 Å². The molecule has 5 atom stereocenters. The van der Waals surface area contributed by atoms with Gasteiger partial charge in [0.1, 0.15) is 0 Å². The quantitative estimate of drug-likeness (QED) is 0.129. The van der Waals surface area contributed by atoms with Crippen molar-refractivity contribution in [2.75, 3.05) is 29.5 Å².